The molecule has 0 fully saturated rings. The summed E-state index contributed by atoms with van der Waals surface area (Å²) in [5.74, 6) is 0.659. The maximum absolute atomic E-state index is 11.2. The summed E-state index contributed by atoms with van der Waals surface area (Å²) >= 11 is 0. The number of benzene rings is 2. The summed E-state index contributed by atoms with van der Waals surface area (Å²) in [6.07, 6.45) is 1.95. The number of phenols is 1. The summed E-state index contributed by atoms with van der Waals surface area (Å²) in [6.45, 7) is 2.64. The predicted molar refractivity (Wildman–Crippen MR) is 80.6 cm³/mol. The first-order valence-electron chi connectivity index (χ1n) is 6.82. The lowest BCUT2D eigenvalue weighted by Gasteiger charge is -2.09. The van der Waals surface area contributed by atoms with Crippen molar-refractivity contribution in [1.29, 1.82) is 0 Å². The number of rotatable bonds is 6. The van der Waals surface area contributed by atoms with Crippen LogP contribution in [0, 0.1) is 10.1 Å². The highest BCUT2D eigenvalue weighted by atomic mass is 16.6. The first kappa shape index (κ1) is 14.8. The average molecular weight is 287 g/mol. The Morgan fingerprint density at radius 1 is 1.24 bits per heavy atom. The van der Waals surface area contributed by atoms with Crippen molar-refractivity contribution in [2.75, 3.05) is 6.61 Å². The van der Waals surface area contributed by atoms with Crippen molar-refractivity contribution in [2.24, 2.45) is 0 Å². The molecule has 0 aromatic heterocycles. The molecule has 0 radical (unpaired) electrons. The molecule has 2 aromatic rings. The number of unbranched alkanes of at least 4 members (excludes halogenated alkanes) is 1. The number of nitro benzene ring substituents is 1. The maximum Gasteiger partial charge on any atom is 0.277 e. The van der Waals surface area contributed by atoms with E-state index in [9.17, 15) is 15.2 Å². The highest BCUT2D eigenvalue weighted by Gasteiger charge is 2.16. The number of nitro groups is 1. The van der Waals surface area contributed by atoms with Gasteiger partial charge in [0.2, 0.25) is 0 Å². The van der Waals surface area contributed by atoms with Crippen LogP contribution in [0.15, 0.2) is 42.5 Å². The van der Waals surface area contributed by atoms with Gasteiger partial charge in [-0.1, -0.05) is 25.5 Å². The summed E-state index contributed by atoms with van der Waals surface area (Å²) in [4.78, 5) is 10.7. The SMILES string of the molecule is CCCCOc1ccc([N+](=O)[O-])c(-c2cccc(O)c2)c1. The standard InChI is InChI=1S/C16H17NO4/c1-2-3-9-21-14-7-8-16(17(19)20)15(11-14)12-5-4-6-13(18)10-12/h4-8,10-11,18H,2-3,9H2,1H3. The van der Waals surface area contributed by atoms with Gasteiger partial charge >= 0.3 is 0 Å². The lowest BCUT2D eigenvalue weighted by atomic mass is 10.0. The molecule has 0 amide bonds. The predicted octanol–water partition coefficient (Wildman–Crippen LogP) is 4.15. The second kappa shape index (κ2) is 6.74. The second-order valence-electron chi connectivity index (χ2n) is 4.69. The van der Waals surface area contributed by atoms with Gasteiger partial charge in [-0.3, -0.25) is 10.1 Å². The third kappa shape index (κ3) is 3.72. The zero-order valence-corrected chi connectivity index (χ0v) is 11.8. The minimum Gasteiger partial charge on any atom is -0.508 e. The van der Waals surface area contributed by atoms with Crippen molar-refractivity contribution in [3.05, 3.63) is 52.6 Å². The zero-order valence-electron chi connectivity index (χ0n) is 11.8. The summed E-state index contributed by atoms with van der Waals surface area (Å²) in [5.41, 5.74) is 1.01. The molecule has 0 spiro atoms. The van der Waals surface area contributed by atoms with Gasteiger partial charge in [0.05, 0.1) is 17.1 Å². The molecule has 5 nitrogen and oxygen atoms in total. The van der Waals surface area contributed by atoms with Gasteiger partial charge in [-0.05, 0) is 36.2 Å². The highest BCUT2D eigenvalue weighted by molar-refractivity contribution is 5.75. The van der Waals surface area contributed by atoms with Crippen LogP contribution in [0.3, 0.4) is 0 Å². The van der Waals surface area contributed by atoms with Gasteiger partial charge in [-0.25, -0.2) is 0 Å². The molecule has 0 bridgehead atoms. The topological polar surface area (TPSA) is 72.6 Å². The van der Waals surface area contributed by atoms with Crippen LogP contribution in [0.25, 0.3) is 11.1 Å². The Labute approximate surface area is 123 Å². The second-order valence-corrected chi connectivity index (χ2v) is 4.69. The number of nitrogens with zero attached hydrogens (tertiary/aromatic N) is 1. The fourth-order valence-electron chi connectivity index (χ4n) is 2.00. The largest absolute Gasteiger partial charge is 0.508 e. The Hall–Kier alpha value is -2.56. The molecule has 0 unspecified atom stereocenters. The van der Waals surface area contributed by atoms with Crippen molar-refractivity contribution >= 4 is 5.69 Å². The van der Waals surface area contributed by atoms with Gasteiger partial charge in [0.15, 0.2) is 0 Å². The normalized spacial score (nSPS) is 10.3. The van der Waals surface area contributed by atoms with Crippen LogP contribution < -0.4 is 4.74 Å². The van der Waals surface area contributed by atoms with Crippen molar-refractivity contribution in [1.82, 2.24) is 0 Å². The van der Waals surface area contributed by atoms with E-state index in [1.165, 1.54) is 18.2 Å². The van der Waals surface area contributed by atoms with Gasteiger partial charge in [0.1, 0.15) is 11.5 Å². The number of hydrogen-bond acceptors (Lipinski definition) is 4. The van der Waals surface area contributed by atoms with E-state index in [1.54, 1.807) is 24.3 Å². The van der Waals surface area contributed by atoms with Gasteiger partial charge in [-0.2, -0.15) is 0 Å². The Bertz CT molecular complexity index is 640. The maximum atomic E-state index is 11.2. The van der Waals surface area contributed by atoms with Gasteiger partial charge in [0, 0.05) is 6.07 Å². The van der Waals surface area contributed by atoms with Crippen molar-refractivity contribution in [3.8, 4) is 22.6 Å². The van der Waals surface area contributed by atoms with Gasteiger partial charge in [-0.15, -0.1) is 0 Å². The lowest BCUT2D eigenvalue weighted by Crippen LogP contribution is -1.98. The molecule has 0 aliphatic carbocycles. The molecule has 0 saturated carbocycles. The Morgan fingerprint density at radius 3 is 2.71 bits per heavy atom. The van der Waals surface area contributed by atoms with Gasteiger partial charge < -0.3 is 9.84 Å². The molecule has 0 atom stereocenters. The van der Waals surface area contributed by atoms with E-state index >= 15 is 0 Å². The van der Waals surface area contributed by atoms with E-state index in [2.05, 4.69) is 6.92 Å². The average Bonchev–Trinajstić information content (AvgIpc) is 2.47. The molecular formula is C16H17NO4. The van der Waals surface area contributed by atoms with Crippen molar-refractivity contribution in [3.63, 3.8) is 0 Å². The summed E-state index contributed by atoms with van der Waals surface area (Å²) in [7, 11) is 0. The van der Waals surface area contributed by atoms with Gasteiger partial charge in [0.25, 0.3) is 5.69 Å². The summed E-state index contributed by atoms with van der Waals surface area (Å²) in [5, 5.41) is 20.7. The summed E-state index contributed by atoms with van der Waals surface area (Å²) in [6, 6.07) is 11.1. The molecule has 1 N–H and O–H groups in total. The van der Waals surface area contributed by atoms with Crippen LogP contribution in [0.1, 0.15) is 19.8 Å². The Balaban J connectivity index is 2.40. The monoisotopic (exact) mass is 287 g/mol. The van der Waals surface area contributed by atoms with E-state index in [0.29, 0.717) is 23.5 Å². The molecule has 0 aliphatic rings. The molecule has 0 saturated heterocycles. The molecule has 0 aliphatic heterocycles. The Kier molecular flexibility index (Phi) is 4.77. The number of phenolic OH excluding ortho intramolecular Hbond substituents is 1. The van der Waals surface area contributed by atoms with Crippen LogP contribution in [0.5, 0.6) is 11.5 Å². The summed E-state index contributed by atoms with van der Waals surface area (Å²) < 4.78 is 5.59. The minimum absolute atomic E-state index is 0.0107. The van der Waals surface area contributed by atoms with Crippen LogP contribution in [-0.2, 0) is 0 Å². The third-order valence-corrected chi connectivity index (χ3v) is 3.09. The van der Waals surface area contributed by atoms with Crippen LogP contribution >= 0.6 is 0 Å². The number of ether oxygens (including phenoxy) is 1. The first-order chi connectivity index (χ1) is 10.1. The number of hydrogen-bond donors (Lipinski definition) is 1. The minimum atomic E-state index is -0.435. The molecular weight excluding hydrogens is 270 g/mol. The van der Waals surface area contributed by atoms with Crippen molar-refractivity contribution in [2.45, 2.75) is 19.8 Å². The van der Waals surface area contributed by atoms with E-state index < -0.39 is 4.92 Å². The fraction of sp³-hybridized carbons (Fsp3) is 0.250. The van der Waals surface area contributed by atoms with E-state index in [1.807, 2.05) is 0 Å². The molecule has 2 rings (SSSR count). The quantitative estimate of drug-likeness (QED) is 0.492. The van der Waals surface area contributed by atoms with Crippen molar-refractivity contribution < 1.29 is 14.8 Å². The molecule has 2 aromatic carbocycles. The highest BCUT2D eigenvalue weighted by Crippen LogP contribution is 2.34. The molecule has 21 heavy (non-hydrogen) atoms. The molecule has 110 valence electrons. The first-order valence-corrected chi connectivity index (χ1v) is 6.82. The lowest BCUT2D eigenvalue weighted by molar-refractivity contribution is -0.384. The number of aromatic hydroxyl groups is 1. The zero-order chi connectivity index (χ0) is 15.2. The van der Waals surface area contributed by atoms with Crippen LogP contribution in [0.2, 0.25) is 0 Å². The fourth-order valence-corrected chi connectivity index (χ4v) is 2.00. The van der Waals surface area contributed by atoms with Crippen LogP contribution in [0.4, 0.5) is 5.69 Å². The van der Waals surface area contributed by atoms with E-state index in [4.69, 9.17) is 4.74 Å². The molecule has 5 heteroatoms. The van der Waals surface area contributed by atoms with E-state index in [-0.39, 0.29) is 11.4 Å². The molecule has 0 heterocycles. The Morgan fingerprint density at radius 2 is 2.05 bits per heavy atom. The third-order valence-electron chi connectivity index (χ3n) is 3.09. The smallest absolute Gasteiger partial charge is 0.277 e. The van der Waals surface area contributed by atoms with Crippen LogP contribution in [-0.4, -0.2) is 16.6 Å². The van der Waals surface area contributed by atoms with E-state index in [0.717, 1.165) is 12.8 Å².